The predicted molar refractivity (Wildman–Crippen MR) is 93.3 cm³/mol. The summed E-state index contributed by atoms with van der Waals surface area (Å²) in [5.74, 6) is -1.27. The molecule has 1 aliphatic heterocycles. The molecule has 2 atom stereocenters. The Morgan fingerprint density at radius 2 is 2.00 bits per heavy atom. The number of nitrogens with one attached hydrogen (secondary N) is 1. The van der Waals surface area contributed by atoms with Gasteiger partial charge in [-0.25, -0.2) is 8.78 Å². The number of rotatable bonds is 9. The van der Waals surface area contributed by atoms with Crippen molar-refractivity contribution in [3.8, 4) is 5.75 Å². The van der Waals surface area contributed by atoms with E-state index >= 15 is 0 Å². The molecule has 0 spiro atoms. The summed E-state index contributed by atoms with van der Waals surface area (Å²) in [5, 5.41) is 2.41. The van der Waals surface area contributed by atoms with Crippen LogP contribution in [0.4, 0.5) is 8.78 Å². The van der Waals surface area contributed by atoms with Crippen molar-refractivity contribution >= 4 is 17.7 Å². The van der Waals surface area contributed by atoms with Crippen molar-refractivity contribution in [3.63, 3.8) is 0 Å². The second-order valence-electron chi connectivity index (χ2n) is 6.47. The Labute approximate surface area is 155 Å². The fourth-order valence-corrected chi connectivity index (χ4v) is 2.85. The number of amides is 3. The molecule has 0 aromatic heterocycles. The summed E-state index contributed by atoms with van der Waals surface area (Å²) in [5.41, 5.74) is 2.88. The molecule has 1 aromatic carbocycles. The summed E-state index contributed by atoms with van der Waals surface area (Å²) in [4.78, 5) is 36.3. The van der Waals surface area contributed by atoms with Crippen LogP contribution in [0.5, 0.6) is 5.75 Å². The number of hydrogen-bond donors (Lipinski definition) is 2. The minimum atomic E-state index is -2.28. The third kappa shape index (κ3) is 5.90. The monoisotopic (exact) mass is 383 g/mol. The van der Waals surface area contributed by atoms with Crippen molar-refractivity contribution < 1.29 is 27.9 Å². The van der Waals surface area contributed by atoms with Crippen molar-refractivity contribution in [3.05, 3.63) is 30.3 Å². The van der Waals surface area contributed by atoms with Gasteiger partial charge in [-0.05, 0) is 18.6 Å². The highest BCUT2D eigenvalue weighted by Crippen LogP contribution is 2.31. The van der Waals surface area contributed by atoms with Crippen molar-refractivity contribution in [2.45, 2.75) is 31.0 Å². The number of primary amides is 1. The molecule has 7 nitrogen and oxygen atoms in total. The number of benzene rings is 1. The van der Waals surface area contributed by atoms with Crippen molar-refractivity contribution in [2.75, 3.05) is 26.4 Å². The van der Waals surface area contributed by atoms with E-state index < -0.39 is 49.7 Å². The normalized spacial score (nSPS) is 21.7. The molecule has 148 valence electrons. The third-order valence-electron chi connectivity index (χ3n) is 4.27. The summed E-state index contributed by atoms with van der Waals surface area (Å²) in [7, 11) is 0. The first-order chi connectivity index (χ1) is 12.8. The number of carbonyl (C=O) groups excluding carboxylic acids is 3. The van der Waals surface area contributed by atoms with E-state index in [1.54, 1.807) is 12.1 Å². The van der Waals surface area contributed by atoms with Gasteiger partial charge in [0.05, 0.1) is 19.7 Å². The lowest BCUT2D eigenvalue weighted by molar-refractivity contribution is -0.137. The van der Waals surface area contributed by atoms with Gasteiger partial charge in [-0.15, -0.1) is 0 Å². The molecule has 1 saturated heterocycles. The topological polar surface area (TPSA) is 102 Å². The predicted octanol–water partition coefficient (Wildman–Crippen LogP) is 0.726. The Morgan fingerprint density at radius 1 is 1.30 bits per heavy atom. The Kier molecular flexibility index (Phi) is 7.09. The fraction of sp³-hybridized carbons (Fsp3) is 0.500. The highest BCUT2D eigenvalue weighted by atomic mass is 19.2. The summed E-state index contributed by atoms with van der Waals surface area (Å²) in [6.45, 7) is -1.95. The van der Waals surface area contributed by atoms with Gasteiger partial charge in [0.15, 0.2) is 5.67 Å². The molecule has 1 heterocycles. The number of halogens is 2. The molecule has 9 heteroatoms. The lowest BCUT2D eigenvalue weighted by atomic mass is 10.0. The van der Waals surface area contributed by atoms with Crippen LogP contribution in [-0.4, -0.2) is 60.7 Å². The van der Waals surface area contributed by atoms with E-state index in [-0.39, 0.29) is 12.3 Å². The first-order valence-corrected chi connectivity index (χ1v) is 8.63. The van der Waals surface area contributed by atoms with Crippen LogP contribution in [0, 0.1) is 0 Å². The zero-order valence-electron chi connectivity index (χ0n) is 14.8. The molecule has 2 rings (SSSR count). The Bertz CT molecular complexity index is 674. The largest absolute Gasteiger partial charge is 0.494 e. The molecule has 0 bridgehead atoms. The lowest BCUT2D eigenvalue weighted by Crippen LogP contribution is -2.47. The Hall–Kier alpha value is -2.71. The molecule has 27 heavy (non-hydrogen) atoms. The molecule has 0 aliphatic carbocycles. The number of para-hydroxylation sites is 1. The summed E-state index contributed by atoms with van der Waals surface area (Å²) < 4.78 is 32.4. The molecule has 1 aromatic rings. The van der Waals surface area contributed by atoms with E-state index in [1.807, 2.05) is 18.2 Å². The van der Waals surface area contributed by atoms with Gasteiger partial charge in [0.1, 0.15) is 18.5 Å². The van der Waals surface area contributed by atoms with Gasteiger partial charge in [0.25, 0.3) is 0 Å². The van der Waals surface area contributed by atoms with Gasteiger partial charge in [-0.1, -0.05) is 18.2 Å². The number of hydrogen-bond acceptors (Lipinski definition) is 4. The highest BCUT2D eigenvalue weighted by molar-refractivity contribution is 5.90. The van der Waals surface area contributed by atoms with E-state index in [9.17, 15) is 23.2 Å². The first kappa shape index (κ1) is 20.6. The first-order valence-electron chi connectivity index (χ1n) is 8.63. The minimum absolute atomic E-state index is 0.136. The standard InChI is InChI=1S/C18H23F2N3O4/c19-11-18(20)9-14(17(21)26)23(12-18)16(25)10-22-15(24)7-4-8-27-13-5-2-1-3-6-13/h1-3,5-6,14H,4,7-12H2,(H2,21,26)(H,22,24). The average Bonchev–Trinajstić information content (AvgIpc) is 3.03. The molecule has 1 fully saturated rings. The average molecular weight is 383 g/mol. The molecule has 3 amide bonds. The van der Waals surface area contributed by atoms with Gasteiger partial charge in [0.2, 0.25) is 17.7 Å². The van der Waals surface area contributed by atoms with Crippen LogP contribution in [-0.2, 0) is 14.4 Å². The Balaban J connectivity index is 1.72. The van der Waals surface area contributed by atoms with Gasteiger partial charge in [0, 0.05) is 12.8 Å². The van der Waals surface area contributed by atoms with Crippen molar-refractivity contribution in [2.24, 2.45) is 5.73 Å². The lowest BCUT2D eigenvalue weighted by Gasteiger charge is -2.22. The number of nitrogens with two attached hydrogens (primary N) is 1. The molecule has 0 radical (unpaired) electrons. The maximum Gasteiger partial charge on any atom is 0.242 e. The number of likely N-dealkylation sites (tertiary alicyclic amines) is 1. The third-order valence-corrected chi connectivity index (χ3v) is 4.27. The zero-order chi connectivity index (χ0) is 19.9. The minimum Gasteiger partial charge on any atom is -0.494 e. The molecular weight excluding hydrogens is 360 g/mol. The zero-order valence-corrected chi connectivity index (χ0v) is 14.8. The SMILES string of the molecule is NC(=O)C1CC(F)(CF)CN1C(=O)CNC(=O)CCCOc1ccccc1. The highest BCUT2D eigenvalue weighted by Gasteiger charge is 2.48. The molecule has 3 N–H and O–H groups in total. The number of ether oxygens (including phenoxy) is 1. The van der Waals surface area contributed by atoms with Crippen molar-refractivity contribution in [1.82, 2.24) is 10.2 Å². The second-order valence-corrected chi connectivity index (χ2v) is 6.47. The maximum absolute atomic E-state index is 14.1. The van der Waals surface area contributed by atoms with Crippen molar-refractivity contribution in [1.29, 1.82) is 0 Å². The van der Waals surface area contributed by atoms with E-state index in [4.69, 9.17) is 10.5 Å². The van der Waals surface area contributed by atoms with Crippen LogP contribution in [0.1, 0.15) is 19.3 Å². The Morgan fingerprint density at radius 3 is 2.63 bits per heavy atom. The summed E-state index contributed by atoms with van der Waals surface area (Å²) >= 11 is 0. The number of alkyl halides is 2. The summed E-state index contributed by atoms with van der Waals surface area (Å²) in [6, 6.07) is 7.91. The van der Waals surface area contributed by atoms with E-state index in [2.05, 4.69) is 5.32 Å². The maximum atomic E-state index is 14.1. The van der Waals surface area contributed by atoms with Crippen LogP contribution < -0.4 is 15.8 Å². The van der Waals surface area contributed by atoms with Crippen LogP contribution >= 0.6 is 0 Å². The number of nitrogens with zero attached hydrogens (tertiary/aromatic N) is 1. The van der Waals surface area contributed by atoms with Crippen LogP contribution in [0.15, 0.2) is 30.3 Å². The van der Waals surface area contributed by atoms with Gasteiger partial charge >= 0.3 is 0 Å². The van der Waals surface area contributed by atoms with E-state index in [0.29, 0.717) is 18.8 Å². The molecule has 0 saturated carbocycles. The van der Waals surface area contributed by atoms with Gasteiger partial charge in [-0.3, -0.25) is 14.4 Å². The number of carbonyl (C=O) groups is 3. The molecule has 2 unspecified atom stereocenters. The summed E-state index contributed by atoms with van der Waals surface area (Å²) in [6.07, 6.45) is 0.101. The quantitative estimate of drug-likeness (QED) is 0.614. The molecular formula is C18H23F2N3O4. The van der Waals surface area contributed by atoms with Gasteiger partial charge in [-0.2, -0.15) is 0 Å². The van der Waals surface area contributed by atoms with Crippen LogP contribution in [0.2, 0.25) is 0 Å². The second kappa shape index (κ2) is 9.29. The van der Waals surface area contributed by atoms with E-state index in [1.165, 1.54) is 0 Å². The smallest absolute Gasteiger partial charge is 0.242 e. The van der Waals surface area contributed by atoms with Crippen LogP contribution in [0.25, 0.3) is 0 Å². The fourth-order valence-electron chi connectivity index (χ4n) is 2.85. The van der Waals surface area contributed by atoms with Gasteiger partial charge < -0.3 is 20.7 Å². The van der Waals surface area contributed by atoms with Crippen LogP contribution in [0.3, 0.4) is 0 Å². The molecule has 1 aliphatic rings. The van der Waals surface area contributed by atoms with E-state index in [0.717, 1.165) is 4.90 Å².